The molecule has 2 aromatic carbocycles. The van der Waals surface area contributed by atoms with Crippen molar-refractivity contribution in [2.45, 2.75) is 0 Å². The molecule has 0 radical (unpaired) electrons. The molecule has 18 heavy (non-hydrogen) atoms. The second-order valence-electron chi connectivity index (χ2n) is 3.63. The molecule has 0 saturated heterocycles. The number of para-hydroxylation sites is 1. The smallest absolute Gasteiger partial charge is 0.337 e. The van der Waals surface area contributed by atoms with Gasteiger partial charge in [0.25, 0.3) is 0 Å². The van der Waals surface area contributed by atoms with Crippen molar-refractivity contribution in [3.63, 3.8) is 0 Å². The first kappa shape index (κ1) is 12.3. The predicted octanol–water partition coefficient (Wildman–Crippen LogP) is 3.79. The second-order valence-corrected chi connectivity index (χ2v) is 4.07. The van der Waals surface area contributed by atoms with E-state index in [4.69, 9.17) is 16.7 Å². The molecule has 0 aliphatic carbocycles. The Bertz CT molecular complexity index is 591. The maximum Gasteiger partial charge on any atom is 0.337 e. The Balaban J connectivity index is 2.29. The highest BCUT2D eigenvalue weighted by Gasteiger charge is 2.06. The molecule has 0 aliphatic rings. The predicted molar refractivity (Wildman–Crippen MR) is 72.1 cm³/mol. The maximum atomic E-state index is 11.0. The minimum atomic E-state index is -0.987. The van der Waals surface area contributed by atoms with Crippen molar-refractivity contribution in [1.82, 2.24) is 0 Å². The minimum absolute atomic E-state index is 0.183. The van der Waals surface area contributed by atoms with Gasteiger partial charge in [-0.15, -0.1) is 0 Å². The zero-order valence-electron chi connectivity index (χ0n) is 9.38. The third-order valence-electron chi connectivity index (χ3n) is 2.36. The van der Waals surface area contributed by atoms with Crippen LogP contribution in [-0.2, 0) is 0 Å². The lowest BCUT2D eigenvalue weighted by Crippen LogP contribution is -1.96. The Morgan fingerprint density at radius 1 is 1.11 bits per heavy atom. The number of carboxylic acid groups (broad SMARTS) is 1. The molecule has 2 aromatic rings. The lowest BCUT2D eigenvalue weighted by atomic mass is 10.2. The van der Waals surface area contributed by atoms with Gasteiger partial charge < -0.3 is 5.11 Å². The molecule has 4 heteroatoms. The van der Waals surface area contributed by atoms with E-state index in [0.29, 0.717) is 10.7 Å². The first-order valence-electron chi connectivity index (χ1n) is 5.29. The molecule has 0 aromatic heterocycles. The molecule has 0 spiro atoms. The van der Waals surface area contributed by atoms with Gasteiger partial charge in [-0.3, -0.25) is 4.99 Å². The second kappa shape index (κ2) is 5.47. The van der Waals surface area contributed by atoms with Crippen LogP contribution in [0.3, 0.4) is 0 Å². The van der Waals surface area contributed by atoms with Gasteiger partial charge in [-0.1, -0.05) is 35.9 Å². The standard InChI is InChI=1S/C14H10ClNO2/c15-11-7-5-10(6-8-11)9-16-13-4-2-1-3-12(13)14(17)18/h1-9H,(H,17,18). The molecular formula is C14H10ClNO2. The lowest BCUT2D eigenvalue weighted by Gasteiger charge is -1.99. The van der Waals surface area contributed by atoms with Crippen LogP contribution in [0.2, 0.25) is 5.02 Å². The highest BCUT2D eigenvalue weighted by Crippen LogP contribution is 2.18. The van der Waals surface area contributed by atoms with Crippen LogP contribution in [0.15, 0.2) is 53.5 Å². The Morgan fingerprint density at radius 3 is 2.44 bits per heavy atom. The van der Waals surface area contributed by atoms with Crippen molar-refractivity contribution in [2.75, 3.05) is 0 Å². The van der Waals surface area contributed by atoms with Crippen LogP contribution < -0.4 is 0 Å². The summed E-state index contributed by atoms with van der Waals surface area (Å²) in [5.74, 6) is -0.987. The topological polar surface area (TPSA) is 49.7 Å². The van der Waals surface area contributed by atoms with E-state index in [1.54, 1.807) is 36.5 Å². The van der Waals surface area contributed by atoms with Gasteiger partial charge in [0, 0.05) is 11.2 Å². The molecular weight excluding hydrogens is 250 g/mol. The van der Waals surface area contributed by atoms with Crippen LogP contribution in [0.1, 0.15) is 15.9 Å². The number of hydrogen-bond donors (Lipinski definition) is 1. The van der Waals surface area contributed by atoms with Gasteiger partial charge >= 0.3 is 5.97 Å². The molecule has 90 valence electrons. The van der Waals surface area contributed by atoms with E-state index in [2.05, 4.69) is 4.99 Å². The van der Waals surface area contributed by atoms with Crippen molar-refractivity contribution < 1.29 is 9.90 Å². The fraction of sp³-hybridized carbons (Fsp3) is 0. The summed E-state index contributed by atoms with van der Waals surface area (Å²) < 4.78 is 0. The Kier molecular flexibility index (Phi) is 3.75. The van der Waals surface area contributed by atoms with Gasteiger partial charge in [0.1, 0.15) is 0 Å². The average Bonchev–Trinajstić information content (AvgIpc) is 2.38. The lowest BCUT2D eigenvalue weighted by molar-refractivity contribution is 0.0698. The maximum absolute atomic E-state index is 11.0. The largest absolute Gasteiger partial charge is 0.478 e. The van der Waals surface area contributed by atoms with E-state index < -0.39 is 5.97 Å². The van der Waals surface area contributed by atoms with Crippen LogP contribution in [0, 0.1) is 0 Å². The molecule has 0 heterocycles. The van der Waals surface area contributed by atoms with Gasteiger partial charge in [0.05, 0.1) is 11.3 Å². The number of carbonyl (C=O) groups is 1. The number of hydrogen-bond acceptors (Lipinski definition) is 2. The van der Waals surface area contributed by atoms with Crippen molar-refractivity contribution in [3.8, 4) is 0 Å². The summed E-state index contributed by atoms with van der Waals surface area (Å²) in [6.07, 6.45) is 1.61. The van der Waals surface area contributed by atoms with Crippen molar-refractivity contribution in [2.24, 2.45) is 4.99 Å². The zero-order valence-corrected chi connectivity index (χ0v) is 10.1. The van der Waals surface area contributed by atoms with Gasteiger partial charge in [-0.2, -0.15) is 0 Å². The normalized spacial score (nSPS) is 10.7. The summed E-state index contributed by atoms with van der Waals surface area (Å²) in [4.78, 5) is 15.2. The summed E-state index contributed by atoms with van der Waals surface area (Å²) >= 11 is 5.77. The SMILES string of the molecule is O=C(O)c1ccccc1N=Cc1ccc(Cl)cc1. The van der Waals surface area contributed by atoms with E-state index in [1.165, 1.54) is 6.07 Å². The molecule has 2 rings (SSSR count). The van der Waals surface area contributed by atoms with Crippen LogP contribution in [0.5, 0.6) is 0 Å². The van der Waals surface area contributed by atoms with Crippen LogP contribution in [0.25, 0.3) is 0 Å². The van der Waals surface area contributed by atoms with E-state index >= 15 is 0 Å². The third-order valence-corrected chi connectivity index (χ3v) is 2.61. The van der Waals surface area contributed by atoms with E-state index in [0.717, 1.165) is 5.56 Å². The number of aliphatic imine (C=N–C) groups is 1. The number of halogens is 1. The van der Waals surface area contributed by atoms with Crippen molar-refractivity contribution >= 4 is 29.5 Å². The summed E-state index contributed by atoms with van der Waals surface area (Å²) in [5.41, 5.74) is 1.47. The first-order valence-corrected chi connectivity index (χ1v) is 5.66. The summed E-state index contributed by atoms with van der Waals surface area (Å²) in [6.45, 7) is 0. The molecule has 1 N–H and O–H groups in total. The van der Waals surface area contributed by atoms with Crippen LogP contribution >= 0.6 is 11.6 Å². The van der Waals surface area contributed by atoms with Crippen LogP contribution in [-0.4, -0.2) is 17.3 Å². The Hall–Kier alpha value is -2.13. The highest BCUT2D eigenvalue weighted by atomic mass is 35.5. The Labute approximate surface area is 109 Å². The summed E-state index contributed by atoms with van der Waals surface area (Å²) in [7, 11) is 0. The third kappa shape index (κ3) is 2.96. The van der Waals surface area contributed by atoms with E-state index in [9.17, 15) is 4.79 Å². The molecule has 3 nitrogen and oxygen atoms in total. The number of carboxylic acids is 1. The molecule has 0 unspecified atom stereocenters. The molecule has 0 amide bonds. The van der Waals surface area contributed by atoms with Gasteiger partial charge in [0.2, 0.25) is 0 Å². The molecule has 0 bridgehead atoms. The zero-order chi connectivity index (χ0) is 13.0. The Morgan fingerprint density at radius 2 is 1.78 bits per heavy atom. The fourth-order valence-corrected chi connectivity index (χ4v) is 1.59. The van der Waals surface area contributed by atoms with Crippen LogP contribution in [0.4, 0.5) is 5.69 Å². The fourth-order valence-electron chi connectivity index (χ4n) is 1.46. The minimum Gasteiger partial charge on any atom is -0.478 e. The summed E-state index contributed by atoms with van der Waals surface area (Å²) in [6, 6.07) is 13.8. The quantitative estimate of drug-likeness (QED) is 0.853. The highest BCUT2D eigenvalue weighted by molar-refractivity contribution is 6.30. The molecule has 0 aliphatic heterocycles. The number of nitrogens with zero attached hydrogens (tertiary/aromatic N) is 1. The van der Waals surface area contributed by atoms with Crippen molar-refractivity contribution in [1.29, 1.82) is 0 Å². The van der Waals surface area contributed by atoms with Crippen molar-refractivity contribution in [3.05, 3.63) is 64.7 Å². The first-order chi connectivity index (χ1) is 8.66. The molecule has 0 atom stereocenters. The summed E-state index contributed by atoms with van der Waals surface area (Å²) in [5, 5.41) is 9.66. The molecule has 0 fully saturated rings. The monoisotopic (exact) mass is 259 g/mol. The number of rotatable bonds is 3. The number of aromatic carboxylic acids is 1. The van der Waals surface area contributed by atoms with Gasteiger partial charge in [0.15, 0.2) is 0 Å². The number of benzene rings is 2. The van der Waals surface area contributed by atoms with Gasteiger partial charge in [-0.05, 0) is 29.8 Å². The van der Waals surface area contributed by atoms with E-state index in [-0.39, 0.29) is 5.56 Å². The molecule has 0 saturated carbocycles. The van der Waals surface area contributed by atoms with Gasteiger partial charge in [-0.25, -0.2) is 4.79 Å². The average molecular weight is 260 g/mol. The van der Waals surface area contributed by atoms with E-state index in [1.807, 2.05) is 12.1 Å².